The molecule has 2 aromatic rings. The summed E-state index contributed by atoms with van der Waals surface area (Å²) in [6, 6.07) is 11.8. The largest absolute Gasteiger partial charge is 0.465 e. The summed E-state index contributed by atoms with van der Waals surface area (Å²) < 4.78 is 27.5. The van der Waals surface area contributed by atoms with E-state index in [2.05, 4.69) is 5.32 Å². The van der Waals surface area contributed by atoms with Crippen molar-refractivity contribution in [1.29, 1.82) is 0 Å². The van der Waals surface area contributed by atoms with Crippen molar-refractivity contribution in [3.05, 3.63) is 77.4 Å². The molecular formula is C20H18F2N2O3. The molecule has 0 aromatic heterocycles. The summed E-state index contributed by atoms with van der Waals surface area (Å²) in [5, 5.41) is 12.2. The Hall–Kier alpha value is -3.22. The molecule has 1 atom stereocenters. The van der Waals surface area contributed by atoms with Crippen LogP contribution >= 0.6 is 0 Å². The number of carbonyl (C=O) groups excluding carboxylic acids is 1. The molecule has 7 heteroatoms. The Morgan fingerprint density at radius 2 is 1.89 bits per heavy atom. The predicted molar refractivity (Wildman–Crippen MR) is 95.8 cm³/mol. The van der Waals surface area contributed by atoms with Gasteiger partial charge in [0.15, 0.2) is 11.6 Å². The van der Waals surface area contributed by atoms with E-state index in [1.54, 1.807) is 30.3 Å². The summed E-state index contributed by atoms with van der Waals surface area (Å²) in [7, 11) is 0. The van der Waals surface area contributed by atoms with Crippen molar-refractivity contribution in [2.24, 2.45) is 0 Å². The Balaban J connectivity index is 1.86. The normalized spacial score (nSPS) is 16.9. The molecule has 1 aliphatic rings. The van der Waals surface area contributed by atoms with E-state index in [0.29, 0.717) is 5.57 Å². The number of nitrogens with zero attached hydrogens (tertiary/aromatic N) is 1. The van der Waals surface area contributed by atoms with Crippen molar-refractivity contribution in [1.82, 2.24) is 10.2 Å². The third-order valence-electron chi connectivity index (χ3n) is 4.46. The van der Waals surface area contributed by atoms with Gasteiger partial charge in [0.05, 0.1) is 0 Å². The van der Waals surface area contributed by atoms with Crippen molar-refractivity contribution < 1.29 is 23.5 Å². The van der Waals surface area contributed by atoms with Gasteiger partial charge in [0, 0.05) is 18.7 Å². The minimum Gasteiger partial charge on any atom is -0.465 e. The Bertz CT molecular complexity index is 884. The van der Waals surface area contributed by atoms with Crippen molar-refractivity contribution in [2.75, 3.05) is 6.54 Å². The highest BCUT2D eigenvalue weighted by Crippen LogP contribution is 2.24. The average molecular weight is 372 g/mol. The Labute approximate surface area is 154 Å². The second-order valence-corrected chi connectivity index (χ2v) is 6.20. The van der Waals surface area contributed by atoms with Gasteiger partial charge in [0.25, 0.3) is 0 Å². The zero-order chi connectivity index (χ0) is 19.4. The van der Waals surface area contributed by atoms with Crippen LogP contribution in [0.4, 0.5) is 13.6 Å². The maximum Gasteiger partial charge on any atom is 0.408 e. The predicted octanol–water partition coefficient (Wildman–Crippen LogP) is 3.42. The summed E-state index contributed by atoms with van der Waals surface area (Å²) in [5.74, 6) is -2.44. The molecule has 1 heterocycles. The summed E-state index contributed by atoms with van der Waals surface area (Å²) in [4.78, 5) is 25.2. The molecule has 2 amide bonds. The first-order valence-corrected chi connectivity index (χ1v) is 8.42. The molecule has 2 aromatic carbocycles. The highest BCUT2D eigenvalue weighted by Gasteiger charge is 2.31. The first kappa shape index (κ1) is 18.6. The fourth-order valence-electron chi connectivity index (χ4n) is 3.05. The van der Waals surface area contributed by atoms with Crippen molar-refractivity contribution >= 4 is 17.6 Å². The zero-order valence-corrected chi connectivity index (χ0v) is 14.4. The molecule has 2 N–H and O–H groups in total. The number of carboxylic acid groups (broad SMARTS) is 1. The summed E-state index contributed by atoms with van der Waals surface area (Å²) >= 11 is 0. The van der Waals surface area contributed by atoms with Crippen molar-refractivity contribution in [2.45, 2.75) is 19.0 Å². The van der Waals surface area contributed by atoms with Gasteiger partial charge in [-0.25, -0.2) is 13.6 Å². The molecule has 27 heavy (non-hydrogen) atoms. The van der Waals surface area contributed by atoms with Crippen LogP contribution in [0.2, 0.25) is 0 Å². The van der Waals surface area contributed by atoms with Crippen LogP contribution in [0.15, 0.2) is 54.6 Å². The number of benzene rings is 2. The van der Waals surface area contributed by atoms with Crippen LogP contribution in [0.3, 0.4) is 0 Å². The monoisotopic (exact) mass is 372 g/mol. The van der Waals surface area contributed by atoms with Gasteiger partial charge in [-0.05, 0) is 23.6 Å². The molecule has 140 valence electrons. The van der Waals surface area contributed by atoms with Gasteiger partial charge in [-0.1, -0.05) is 48.5 Å². The van der Waals surface area contributed by atoms with Crippen LogP contribution in [0.25, 0.3) is 5.57 Å². The van der Waals surface area contributed by atoms with E-state index in [9.17, 15) is 23.5 Å². The van der Waals surface area contributed by atoms with Gasteiger partial charge in [-0.15, -0.1) is 0 Å². The molecule has 0 bridgehead atoms. The molecule has 0 unspecified atom stereocenters. The molecule has 0 fully saturated rings. The van der Waals surface area contributed by atoms with E-state index in [4.69, 9.17) is 0 Å². The number of hydrogen-bond acceptors (Lipinski definition) is 2. The van der Waals surface area contributed by atoms with Crippen LogP contribution in [-0.2, 0) is 11.3 Å². The van der Waals surface area contributed by atoms with Gasteiger partial charge < -0.3 is 10.4 Å². The SMILES string of the molecule is O=C1NCC(c2cccc(F)c2F)=CC[C@H]1N(Cc1ccccc1)C(=O)O. The van der Waals surface area contributed by atoms with Gasteiger partial charge in [-0.2, -0.15) is 0 Å². The first-order chi connectivity index (χ1) is 13.0. The van der Waals surface area contributed by atoms with E-state index >= 15 is 0 Å². The van der Waals surface area contributed by atoms with Gasteiger partial charge in [0.1, 0.15) is 6.04 Å². The number of nitrogens with one attached hydrogen (secondary N) is 1. The van der Waals surface area contributed by atoms with Crippen molar-refractivity contribution in [3.8, 4) is 0 Å². The van der Waals surface area contributed by atoms with E-state index in [0.717, 1.165) is 16.5 Å². The standard InChI is InChI=1S/C20H18F2N2O3/c21-16-8-4-7-15(18(16)22)14-9-10-17(19(25)23-11-14)24(20(26)27)12-13-5-2-1-3-6-13/h1-9,17H,10-12H2,(H,23,25)(H,26,27)/t17-/m1/s1. The lowest BCUT2D eigenvalue weighted by atomic mass is 10.0. The highest BCUT2D eigenvalue weighted by molar-refractivity contribution is 5.88. The third-order valence-corrected chi connectivity index (χ3v) is 4.46. The van der Waals surface area contributed by atoms with E-state index in [-0.39, 0.29) is 25.1 Å². The Morgan fingerprint density at radius 3 is 2.59 bits per heavy atom. The number of hydrogen-bond donors (Lipinski definition) is 2. The number of rotatable bonds is 4. The Morgan fingerprint density at radius 1 is 1.15 bits per heavy atom. The topological polar surface area (TPSA) is 69.6 Å². The summed E-state index contributed by atoms with van der Waals surface area (Å²) in [6.45, 7) is 0.0419. The molecule has 0 spiro atoms. The number of halogens is 2. The summed E-state index contributed by atoms with van der Waals surface area (Å²) in [5.41, 5.74) is 1.21. The lowest BCUT2D eigenvalue weighted by Crippen LogP contribution is -2.48. The van der Waals surface area contributed by atoms with Gasteiger partial charge >= 0.3 is 6.09 Å². The van der Waals surface area contributed by atoms with E-state index in [1.165, 1.54) is 12.1 Å². The fourth-order valence-corrected chi connectivity index (χ4v) is 3.05. The summed E-state index contributed by atoms with van der Waals surface area (Å²) in [6.07, 6.45) is 0.422. The molecule has 1 aliphatic heterocycles. The zero-order valence-electron chi connectivity index (χ0n) is 14.4. The van der Waals surface area contributed by atoms with Crippen LogP contribution in [0.5, 0.6) is 0 Å². The van der Waals surface area contributed by atoms with Crippen LogP contribution in [-0.4, -0.2) is 34.6 Å². The first-order valence-electron chi connectivity index (χ1n) is 8.42. The molecule has 0 saturated carbocycles. The van der Waals surface area contributed by atoms with Gasteiger partial charge in [0.2, 0.25) is 5.91 Å². The molecule has 0 saturated heterocycles. The quantitative estimate of drug-likeness (QED) is 0.864. The maximum atomic E-state index is 14.1. The average Bonchev–Trinajstić information content (AvgIpc) is 2.84. The second kappa shape index (κ2) is 7.99. The van der Waals surface area contributed by atoms with Crippen molar-refractivity contribution in [3.63, 3.8) is 0 Å². The molecule has 0 radical (unpaired) electrons. The smallest absolute Gasteiger partial charge is 0.408 e. The molecule has 3 rings (SSSR count). The molecule has 5 nitrogen and oxygen atoms in total. The van der Waals surface area contributed by atoms with E-state index < -0.39 is 29.7 Å². The fraction of sp³-hybridized carbons (Fsp3) is 0.200. The Kier molecular flexibility index (Phi) is 5.49. The van der Waals surface area contributed by atoms with Crippen LogP contribution in [0.1, 0.15) is 17.5 Å². The number of amides is 2. The van der Waals surface area contributed by atoms with E-state index in [1.807, 2.05) is 6.07 Å². The maximum absolute atomic E-state index is 14.1. The lowest BCUT2D eigenvalue weighted by molar-refractivity contribution is -0.125. The lowest BCUT2D eigenvalue weighted by Gasteiger charge is -2.27. The molecular weight excluding hydrogens is 354 g/mol. The number of carbonyl (C=O) groups is 2. The highest BCUT2D eigenvalue weighted by atomic mass is 19.2. The minimum atomic E-state index is -1.23. The van der Waals surface area contributed by atoms with Gasteiger partial charge in [-0.3, -0.25) is 9.69 Å². The second-order valence-electron chi connectivity index (χ2n) is 6.20. The van der Waals surface area contributed by atoms with Crippen LogP contribution < -0.4 is 5.32 Å². The van der Waals surface area contributed by atoms with Crippen LogP contribution in [0, 0.1) is 11.6 Å². The minimum absolute atomic E-state index is 0.00545. The third kappa shape index (κ3) is 4.13. The molecule has 0 aliphatic carbocycles.